The summed E-state index contributed by atoms with van der Waals surface area (Å²) in [5.74, 6) is -3.08. The lowest BCUT2D eigenvalue weighted by atomic mass is 9.43. The van der Waals surface area contributed by atoms with Crippen LogP contribution in [0.25, 0.3) is 0 Å². The number of halogens is 1. The van der Waals surface area contributed by atoms with E-state index in [9.17, 15) is 24.8 Å². The molecule has 45 heavy (non-hydrogen) atoms. The van der Waals surface area contributed by atoms with Crippen molar-refractivity contribution in [1.29, 1.82) is 5.26 Å². The van der Waals surface area contributed by atoms with Crippen LogP contribution in [0.4, 0.5) is 4.39 Å². The molecule has 7 nitrogen and oxygen atoms in total. The number of ketones is 1. The third-order valence-electron chi connectivity index (χ3n) is 11.4. The van der Waals surface area contributed by atoms with Crippen LogP contribution in [0, 0.1) is 39.9 Å². The average Bonchev–Trinajstić information content (AvgIpc) is 3.31. The second-order valence-corrected chi connectivity index (χ2v) is 13.6. The van der Waals surface area contributed by atoms with Crippen LogP contribution < -0.4 is 0 Å². The summed E-state index contributed by atoms with van der Waals surface area (Å²) < 4.78 is 29.2. The van der Waals surface area contributed by atoms with Crippen LogP contribution in [0.15, 0.2) is 78.4 Å². The van der Waals surface area contributed by atoms with Gasteiger partial charge in [-0.15, -0.1) is 0 Å². The molecule has 8 heteroatoms. The lowest BCUT2D eigenvalue weighted by molar-refractivity contribution is -0.227. The van der Waals surface area contributed by atoms with E-state index in [0.717, 1.165) is 11.1 Å². The van der Waals surface area contributed by atoms with Gasteiger partial charge in [-0.3, -0.25) is 4.79 Å². The largest absolute Gasteiger partial charge is 0.447 e. The second-order valence-electron chi connectivity index (χ2n) is 13.6. The molecule has 0 aliphatic heterocycles. The Labute approximate surface area is 262 Å². The monoisotopic (exact) mass is 611 g/mol. The first-order chi connectivity index (χ1) is 21.4. The molecule has 0 radical (unpaired) electrons. The van der Waals surface area contributed by atoms with Gasteiger partial charge in [-0.1, -0.05) is 68.0 Å². The van der Waals surface area contributed by atoms with E-state index in [1.165, 1.54) is 12.2 Å². The smallest absolute Gasteiger partial charge is 0.352 e. The van der Waals surface area contributed by atoms with E-state index < -0.39 is 58.6 Å². The van der Waals surface area contributed by atoms with Crippen LogP contribution in [0.2, 0.25) is 0 Å². The number of esters is 2. The molecule has 0 amide bonds. The molecule has 8 unspecified atom stereocenters. The molecule has 234 valence electrons. The number of ether oxygens (including phenoxy) is 2. The van der Waals surface area contributed by atoms with E-state index in [0.29, 0.717) is 24.8 Å². The highest BCUT2D eigenvalue weighted by atomic mass is 19.1. The van der Waals surface area contributed by atoms with Crippen molar-refractivity contribution in [1.82, 2.24) is 0 Å². The van der Waals surface area contributed by atoms with E-state index in [2.05, 4.69) is 0 Å². The number of alkyl halides is 1. The normalized spacial score (nSPS) is 36.5. The van der Waals surface area contributed by atoms with Gasteiger partial charge in [0.25, 0.3) is 0 Å². The first kappa shape index (κ1) is 30.9. The summed E-state index contributed by atoms with van der Waals surface area (Å²) in [6, 6.07) is 18.7. The number of carbonyl (C=O) groups is 3. The standard InChI is InChI=1S/C37H38FNO6/c1-23-19-30-28-14-16-36(33(43)44-18-17-39,45-32(42)26-11-9-25(10-12-26)20-24-7-5-4-6-8-24)35(28,3)22-31(41)37(30,38)34(2)15-13-27(40)21-29(23)34/h4-13,15,21,23,28,30-31,41H,14,16,18-20,22H2,1-3H3. The first-order valence-electron chi connectivity index (χ1n) is 15.6. The van der Waals surface area contributed by atoms with Crippen LogP contribution in [0.1, 0.15) is 67.9 Å². The van der Waals surface area contributed by atoms with Crippen LogP contribution in [-0.4, -0.2) is 46.8 Å². The van der Waals surface area contributed by atoms with E-state index in [1.54, 1.807) is 38.1 Å². The number of hydrogen-bond donors (Lipinski definition) is 1. The quantitative estimate of drug-likeness (QED) is 0.407. The molecule has 0 spiro atoms. The van der Waals surface area contributed by atoms with Gasteiger partial charge in [0.2, 0.25) is 5.60 Å². The molecule has 3 saturated carbocycles. The van der Waals surface area contributed by atoms with Crippen molar-refractivity contribution in [2.24, 2.45) is 28.6 Å². The van der Waals surface area contributed by atoms with Gasteiger partial charge in [0.05, 0.1) is 11.7 Å². The Morgan fingerprint density at radius 2 is 1.76 bits per heavy atom. The number of allylic oxidation sites excluding steroid dienone is 4. The Morgan fingerprint density at radius 1 is 1.07 bits per heavy atom. The number of benzene rings is 2. The number of carbonyl (C=O) groups excluding carboxylic acids is 3. The number of fused-ring (bicyclic) bond motifs is 5. The van der Waals surface area contributed by atoms with Crippen molar-refractivity contribution in [2.45, 2.75) is 70.2 Å². The van der Waals surface area contributed by atoms with E-state index in [-0.39, 0.29) is 30.1 Å². The van der Waals surface area contributed by atoms with Gasteiger partial charge < -0.3 is 14.6 Å². The topological polar surface area (TPSA) is 114 Å². The molecular weight excluding hydrogens is 573 g/mol. The Kier molecular flexibility index (Phi) is 7.60. The Hall–Kier alpha value is -4.09. The van der Waals surface area contributed by atoms with Gasteiger partial charge in [0.15, 0.2) is 18.1 Å². The van der Waals surface area contributed by atoms with Crippen molar-refractivity contribution >= 4 is 17.7 Å². The highest BCUT2D eigenvalue weighted by molar-refractivity contribution is 6.01. The van der Waals surface area contributed by atoms with Crippen molar-refractivity contribution in [3.8, 4) is 6.07 Å². The number of nitriles is 1. The lowest BCUT2D eigenvalue weighted by Crippen LogP contribution is -2.70. The summed E-state index contributed by atoms with van der Waals surface area (Å²) in [7, 11) is 0. The highest BCUT2D eigenvalue weighted by Crippen LogP contribution is 2.71. The Bertz CT molecular complexity index is 1630. The minimum Gasteiger partial charge on any atom is -0.447 e. The predicted octanol–water partition coefficient (Wildman–Crippen LogP) is 5.86. The molecule has 3 fully saturated rings. The fraction of sp³-hybridized carbons (Fsp3) is 0.459. The summed E-state index contributed by atoms with van der Waals surface area (Å²) >= 11 is 0. The van der Waals surface area contributed by atoms with E-state index >= 15 is 4.39 Å². The zero-order valence-electron chi connectivity index (χ0n) is 25.8. The molecule has 4 aliphatic rings. The molecular formula is C37H38FNO6. The maximum Gasteiger partial charge on any atom is 0.352 e. The molecule has 2 aromatic rings. The highest BCUT2D eigenvalue weighted by Gasteiger charge is 2.76. The summed E-state index contributed by atoms with van der Waals surface area (Å²) in [6.07, 6.45) is 4.21. The lowest BCUT2D eigenvalue weighted by Gasteiger charge is -2.63. The van der Waals surface area contributed by atoms with Crippen molar-refractivity contribution in [3.63, 3.8) is 0 Å². The number of rotatable bonds is 6. The number of nitrogens with zero attached hydrogens (tertiary/aromatic N) is 1. The first-order valence-corrected chi connectivity index (χ1v) is 15.6. The Balaban J connectivity index is 1.34. The van der Waals surface area contributed by atoms with Crippen LogP contribution in [-0.2, 0) is 25.5 Å². The van der Waals surface area contributed by atoms with Crippen molar-refractivity contribution in [3.05, 3.63) is 95.1 Å². The summed E-state index contributed by atoms with van der Waals surface area (Å²) in [4.78, 5) is 39.9. The molecule has 6 rings (SSSR count). The molecule has 0 bridgehead atoms. The fourth-order valence-electron chi connectivity index (χ4n) is 9.15. The average molecular weight is 612 g/mol. The minimum absolute atomic E-state index is 0.0671. The molecule has 1 N–H and O–H groups in total. The Morgan fingerprint density at radius 3 is 2.44 bits per heavy atom. The molecule has 8 atom stereocenters. The molecule has 2 aromatic carbocycles. The number of hydrogen-bond acceptors (Lipinski definition) is 7. The zero-order chi connectivity index (χ0) is 32.2. The van der Waals surface area contributed by atoms with Gasteiger partial charge in [-0.2, -0.15) is 5.26 Å². The molecule has 0 aromatic heterocycles. The van der Waals surface area contributed by atoms with Crippen molar-refractivity contribution in [2.75, 3.05) is 6.61 Å². The zero-order valence-corrected chi connectivity index (χ0v) is 25.8. The predicted molar refractivity (Wildman–Crippen MR) is 163 cm³/mol. The summed E-state index contributed by atoms with van der Waals surface area (Å²) in [5.41, 5.74) is -3.32. The summed E-state index contributed by atoms with van der Waals surface area (Å²) in [6.45, 7) is 4.94. The maximum absolute atomic E-state index is 17.7. The van der Waals surface area contributed by atoms with Crippen LogP contribution >= 0.6 is 0 Å². The molecule has 0 saturated heterocycles. The summed E-state index contributed by atoms with van der Waals surface area (Å²) in [5, 5.41) is 20.9. The SMILES string of the molecule is CC1CC2C3CCC(OC(=O)c4ccc(Cc5ccccc5)cc4)(C(=O)OCC#N)C3(C)CC(O)C2(F)C2(C)C=CC(=O)C=C12. The van der Waals surface area contributed by atoms with Gasteiger partial charge in [-0.25, -0.2) is 14.0 Å². The van der Waals surface area contributed by atoms with Crippen LogP contribution in [0.5, 0.6) is 0 Å². The number of aliphatic hydroxyl groups excluding tert-OH is 1. The number of aliphatic hydroxyl groups is 1. The fourth-order valence-corrected chi connectivity index (χ4v) is 9.15. The van der Waals surface area contributed by atoms with Gasteiger partial charge in [0, 0.05) is 16.7 Å². The third kappa shape index (κ3) is 4.58. The maximum atomic E-state index is 17.7. The van der Waals surface area contributed by atoms with Gasteiger partial charge in [0.1, 0.15) is 6.07 Å². The van der Waals surface area contributed by atoms with Gasteiger partial charge in [-0.05, 0) is 86.3 Å². The molecule has 4 aliphatic carbocycles. The van der Waals surface area contributed by atoms with Crippen molar-refractivity contribution < 1.29 is 33.4 Å². The van der Waals surface area contributed by atoms with Gasteiger partial charge >= 0.3 is 11.9 Å². The van der Waals surface area contributed by atoms with E-state index in [4.69, 9.17) is 9.47 Å². The molecule has 0 heterocycles. The second kappa shape index (κ2) is 11.1. The van der Waals surface area contributed by atoms with E-state index in [1.807, 2.05) is 49.4 Å². The minimum atomic E-state index is -2.11. The third-order valence-corrected chi connectivity index (χ3v) is 11.4. The van der Waals surface area contributed by atoms with Crippen LogP contribution in [0.3, 0.4) is 0 Å².